The Hall–Kier alpha value is -2.49. The molecule has 32 heavy (non-hydrogen) atoms. The molecule has 0 spiro atoms. The monoisotopic (exact) mass is 442 g/mol. The number of guanidine groups is 1. The molecule has 0 saturated carbocycles. The first kappa shape index (κ1) is 22.7. The third-order valence-corrected chi connectivity index (χ3v) is 6.57. The van der Waals surface area contributed by atoms with Gasteiger partial charge in [0.15, 0.2) is 6.29 Å². The van der Waals surface area contributed by atoms with Gasteiger partial charge in [0.05, 0.1) is 0 Å². The van der Waals surface area contributed by atoms with Crippen LogP contribution in [0.2, 0.25) is 0 Å². The summed E-state index contributed by atoms with van der Waals surface area (Å²) in [6.45, 7) is 16.1. The first-order valence-electron chi connectivity index (χ1n) is 12.3. The van der Waals surface area contributed by atoms with E-state index >= 15 is 0 Å². The van der Waals surface area contributed by atoms with Gasteiger partial charge in [0.25, 0.3) is 0 Å². The van der Waals surface area contributed by atoms with Crippen molar-refractivity contribution in [2.75, 3.05) is 67.1 Å². The van der Waals surface area contributed by atoms with E-state index in [0.717, 1.165) is 70.2 Å². The Labute approximate surface area is 192 Å². The van der Waals surface area contributed by atoms with Crippen LogP contribution in [0.3, 0.4) is 0 Å². The second-order valence-electron chi connectivity index (χ2n) is 8.44. The summed E-state index contributed by atoms with van der Waals surface area (Å²) in [5.74, 6) is 2.96. The average molecular weight is 443 g/mol. The molecular weight excluding hydrogens is 404 g/mol. The maximum atomic E-state index is 5.05. The van der Waals surface area contributed by atoms with Crippen LogP contribution < -0.4 is 14.7 Å². The average Bonchev–Trinajstić information content (AvgIpc) is 3.55. The lowest BCUT2D eigenvalue weighted by Crippen LogP contribution is -2.51. The van der Waals surface area contributed by atoms with Crippen LogP contribution in [0.4, 0.5) is 17.8 Å². The first-order chi connectivity index (χ1) is 15.7. The van der Waals surface area contributed by atoms with E-state index in [1.54, 1.807) is 0 Å². The summed E-state index contributed by atoms with van der Waals surface area (Å²) in [6, 6.07) is 0. The zero-order chi connectivity index (χ0) is 22.5. The Kier molecular flexibility index (Phi) is 7.39. The summed E-state index contributed by atoms with van der Waals surface area (Å²) in [5, 5.41) is 0. The summed E-state index contributed by atoms with van der Waals surface area (Å²) in [6.07, 6.45) is 6.38. The number of rotatable bonds is 8. The SMILES string of the molecule is CCN(CC)C1=NC(N(CC)CC)N(c2nc(N3CCCC3)nc(N3CCCC3)n2)C=N1. The molecule has 3 aliphatic rings. The van der Waals surface area contributed by atoms with Crippen molar-refractivity contribution in [3.8, 4) is 0 Å². The number of aliphatic imine (C=N–C) groups is 2. The quantitative estimate of drug-likeness (QED) is 0.607. The minimum atomic E-state index is -0.224. The zero-order valence-electron chi connectivity index (χ0n) is 20.1. The molecule has 0 bridgehead atoms. The number of aromatic nitrogens is 3. The third kappa shape index (κ3) is 4.65. The fourth-order valence-corrected chi connectivity index (χ4v) is 4.58. The molecule has 0 N–H and O–H groups in total. The lowest BCUT2D eigenvalue weighted by Gasteiger charge is -2.37. The lowest BCUT2D eigenvalue weighted by molar-refractivity contribution is 0.225. The van der Waals surface area contributed by atoms with E-state index in [1.165, 1.54) is 25.7 Å². The predicted molar refractivity (Wildman–Crippen MR) is 131 cm³/mol. The van der Waals surface area contributed by atoms with Crippen LogP contribution >= 0.6 is 0 Å². The van der Waals surface area contributed by atoms with E-state index in [9.17, 15) is 0 Å². The van der Waals surface area contributed by atoms with E-state index in [2.05, 4.69) is 47.3 Å². The van der Waals surface area contributed by atoms with Gasteiger partial charge in [-0.15, -0.1) is 0 Å². The standard InChI is InChI=1S/C22H38N10/c1-5-28(6-2)18-23-17-32(22(27-18)29(7-3)8-4)21-25-19(30-13-9-10-14-30)24-20(26-21)31-15-11-12-16-31/h17,22H,5-16H2,1-4H3. The van der Waals surface area contributed by atoms with E-state index in [1.807, 2.05) is 11.2 Å². The van der Waals surface area contributed by atoms with E-state index in [0.29, 0.717) is 5.95 Å². The lowest BCUT2D eigenvalue weighted by atomic mass is 10.4. The van der Waals surface area contributed by atoms with Gasteiger partial charge in [0.1, 0.15) is 6.34 Å². The predicted octanol–water partition coefficient (Wildman–Crippen LogP) is 2.24. The number of hydrogen-bond donors (Lipinski definition) is 0. The highest BCUT2D eigenvalue weighted by Crippen LogP contribution is 2.26. The minimum Gasteiger partial charge on any atom is -0.342 e. The van der Waals surface area contributed by atoms with Crippen molar-refractivity contribution in [2.45, 2.75) is 59.7 Å². The molecule has 10 heteroatoms. The van der Waals surface area contributed by atoms with Gasteiger partial charge in [-0.05, 0) is 52.6 Å². The topological polar surface area (TPSA) is 79.6 Å². The van der Waals surface area contributed by atoms with Gasteiger partial charge < -0.3 is 14.7 Å². The number of hydrogen-bond acceptors (Lipinski definition) is 10. The maximum Gasteiger partial charge on any atom is 0.240 e. The second kappa shape index (κ2) is 10.4. The second-order valence-corrected chi connectivity index (χ2v) is 8.44. The molecule has 2 saturated heterocycles. The van der Waals surface area contributed by atoms with E-state index in [-0.39, 0.29) is 6.29 Å². The van der Waals surface area contributed by atoms with E-state index < -0.39 is 0 Å². The van der Waals surface area contributed by atoms with Crippen molar-refractivity contribution < 1.29 is 0 Å². The molecule has 4 rings (SSSR count). The molecule has 176 valence electrons. The van der Waals surface area contributed by atoms with Gasteiger partial charge in [-0.2, -0.15) is 15.0 Å². The number of nitrogens with zero attached hydrogens (tertiary/aromatic N) is 10. The van der Waals surface area contributed by atoms with Crippen molar-refractivity contribution in [1.29, 1.82) is 0 Å². The van der Waals surface area contributed by atoms with Crippen molar-refractivity contribution >= 4 is 30.1 Å². The Balaban J connectivity index is 1.73. The van der Waals surface area contributed by atoms with Gasteiger partial charge in [-0.25, -0.2) is 9.98 Å². The molecule has 1 unspecified atom stereocenters. The van der Waals surface area contributed by atoms with Crippen molar-refractivity contribution in [3.63, 3.8) is 0 Å². The molecule has 1 atom stereocenters. The van der Waals surface area contributed by atoms with Crippen molar-refractivity contribution in [2.24, 2.45) is 9.98 Å². The van der Waals surface area contributed by atoms with Crippen LogP contribution in [0.25, 0.3) is 0 Å². The molecule has 3 aliphatic heterocycles. The summed E-state index contributed by atoms with van der Waals surface area (Å²) in [5.41, 5.74) is 0. The van der Waals surface area contributed by atoms with Gasteiger partial charge >= 0.3 is 0 Å². The molecule has 0 radical (unpaired) electrons. The first-order valence-corrected chi connectivity index (χ1v) is 12.3. The van der Waals surface area contributed by atoms with Crippen molar-refractivity contribution in [3.05, 3.63) is 0 Å². The molecule has 1 aromatic rings. The molecule has 4 heterocycles. The molecule has 0 amide bonds. The summed E-state index contributed by atoms with van der Waals surface area (Å²) in [4.78, 5) is 35.5. The zero-order valence-corrected chi connectivity index (χ0v) is 20.1. The highest BCUT2D eigenvalue weighted by molar-refractivity contribution is 5.94. The third-order valence-electron chi connectivity index (χ3n) is 6.57. The minimum absolute atomic E-state index is 0.224. The molecule has 1 aromatic heterocycles. The summed E-state index contributed by atoms with van der Waals surface area (Å²) in [7, 11) is 0. The van der Waals surface area contributed by atoms with Gasteiger partial charge in [-0.3, -0.25) is 9.80 Å². The largest absolute Gasteiger partial charge is 0.342 e. The fourth-order valence-electron chi connectivity index (χ4n) is 4.58. The van der Waals surface area contributed by atoms with Crippen LogP contribution in [-0.2, 0) is 0 Å². The van der Waals surface area contributed by atoms with Gasteiger partial charge in [0.2, 0.25) is 23.8 Å². The van der Waals surface area contributed by atoms with Crippen molar-refractivity contribution in [1.82, 2.24) is 24.8 Å². The Morgan fingerprint density at radius 2 is 1.25 bits per heavy atom. The smallest absolute Gasteiger partial charge is 0.240 e. The Morgan fingerprint density at radius 1 is 0.750 bits per heavy atom. The Bertz CT molecular complexity index is 771. The normalized spacial score (nSPS) is 21.1. The van der Waals surface area contributed by atoms with Gasteiger partial charge in [0, 0.05) is 39.3 Å². The molecule has 2 fully saturated rings. The number of anilines is 3. The van der Waals surface area contributed by atoms with Crippen LogP contribution in [-0.4, -0.2) is 95.7 Å². The van der Waals surface area contributed by atoms with Crippen LogP contribution in [0.5, 0.6) is 0 Å². The van der Waals surface area contributed by atoms with E-state index in [4.69, 9.17) is 24.9 Å². The molecular formula is C22H38N10. The van der Waals surface area contributed by atoms with Crippen LogP contribution in [0, 0.1) is 0 Å². The summed E-state index contributed by atoms with van der Waals surface area (Å²) < 4.78 is 0. The maximum absolute atomic E-state index is 5.05. The molecule has 0 aliphatic carbocycles. The van der Waals surface area contributed by atoms with Crippen LogP contribution in [0.1, 0.15) is 53.4 Å². The molecule has 10 nitrogen and oxygen atoms in total. The fraction of sp³-hybridized carbons (Fsp3) is 0.773. The summed E-state index contributed by atoms with van der Waals surface area (Å²) >= 11 is 0. The van der Waals surface area contributed by atoms with Gasteiger partial charge in [-0.1, -0.05) is 13.8 Å². The van der Waals surface area contributed by atoms with Crippen LogP contribution in [0.15, 0.2) is 9.98 Å². The molecule has 0 aromatic carbocycles. The highest BCUT2D eigenvalue weighted by Gasteiger charge is 2.31. The Morgan fingerprint density at radius 3 is 1.72 bits per heavy atom. The highest BCUT2D eigenvalue weighted by atomic mass is 15.5.